The second-order valence-corrected chi connectivity index (χ2v) is 15.8. The lowest BCUT2D eigenvalue weighted by Gasteiger charge is -2.16. The summed E-state index contributed by atoms with van der Waals surface area (Å²) in [6.07, 6.45) is 2.76. The zero-order chi connectivity index (χ0) is 23.9. The highest BCUT2D eigenvalue weighted by Gasteiger charge is 2.24. The Morgan fingerprint density at radius 1 is 1.21 bits per heavy atom. The molecule has 1 unspecified atom stereocenters. The SMILES string of the molecule is Cc1nc2ccc(-c3cn(COCC[Si](C)(C)C)c4nc(Cl)nc(OC5CCOC5)c34)cc2o1. The molecule has 1 aliphatic rings. The number of halogens is 1. The van der Waals surface area contributed by atoms with Crippen LogP contribution in [0.15, 0.2) is 28.8 Å². The van der Waals surface area contributed by atoms with Crippen molar-refractivity contribution in [1.29, 1.82) is 0 Å². The third kappa shape index (κ3) is 4.97. The molecule has 8 nitrogen and oxygen atoms in total. The Labute approximate surface area is 204 Å². The van der Waals surface area contributed by atoms with Crippen LogP contribution in [0.1, 0.15) is 12.3 Å². The van der Waals surface area contributed by atoms with Crippen LogP contribution in [-0.2, 0) is 16.2 Å². The van der Waals surface area contributed by atoms with Crippen molar-refractivity contribution in [2.75, 3.05) is 19.8 Å². The Bertz CT molecular complexity index is 1320. The van der Waals surface area contributed by atoms with E-state index in [1.165, 1.54) is 0 Å². The second-order valence-electron chi connectivity index (χ2n) is 9.88. The van der Waals surface area contributed by atoms with Crippen LogP contribution in [0.4, 0.5) is 0 Å². The number of ether oxygens (including phenoxy) is 3. The maximum absolute atomic E-state index is 6.33. The molecule has 0 radical (unpaired) electrons. The molecule has 1 aromatic carbocycles. The lowest BCUT2D eigenvalue weighted by molar-refractivity contribution is 0.0899. The van der Waals surface area contributed by atoms with E-state index < -0.39 is 8.07 Å². The van der Waals surface area contributed by atoms with Gasteiger partial charge in [-0.1, -0.05) is 25.7 Å². The van der Waals surface area contributed by atoms with E-state index in [0.29, 0.717) is 44.0 Å². The summed E-state index contributed by atoms with van der Waals surface area (Å²) in [5, 5.41) is 0.927. The molecule has 0 bridgehead atoms. The Morgan fingerprint density at radius 2 is 2.06 bits per heavy atom. The molecule has 0 spiro atoms. The van der Waals surface area contributed by atoms with Crippen LogP contribution in [0.5, 0.6) is 5.88 Å². The number of benzene rings is 1. The molecule has 0 amide bonds. The summed E-state index contributed by atoms with van der Waals surface area (Å²) >= 11 is 6.33. The van der Waals surface area contributed by atoms with E-state index in [9.17, 15) is 0 Å². The van der Waals surface area contributed by atoms with E-state index in [0.717, 1.165) is 40.1 Å². The normalized spacial score (nSPS) is 16.7. The Hall–Kier alpha value is -2.46. The fraction of sp³-hybridized carbons (Fsp3) is 0.458. The first kappa shape index (κ1) is 23.3. The number of oxazole rings is 1. The van der Waals surface area contributed by atoms with Crippen molar-refractivity contribution >= 4 is 41.8 Å². The lowest BCUT2D eigenvalue weighted by Crippen LogP contribution is -2.22. The molecule has 1 atom stereocenters. The largest absolute Gasteiger partial charge is 0.471 e. The first-order valence-electron chi connectivity index (χ1n) is 11.5. The summed E-state index contributed by atoms with van der Waals surface area (Å²) in [5.74, 6) is 1.08. The van der Waals surface area contributed by atoms with Gasteiger partial charge in [0.1, 0.15) is 18.4 Å². The maximum atomic E-state index is 6.33. The van der Waals surface area contributed by atoms with E-state index in [4.69, 9.17) is 30.2 Å². The molecule has 5 rings (SSSR count). The monoisotopic (exact) mass is 500 g/mol. The van der Waals surface area contributed by atoms with Crippen molar-refractivity contribution in [1.82, 2.24) is 19.5 Å². The fourth-order valence-electron chi connectivity index (χ4n) is 4.04. The second kappa shape index (κ2) is 9.29. The van der Waals surface area contributed by atoms with Gasteiger partial charge in [-0.05, 0) is 35.3 Å². The topological polar surface area (TPSA) is 84.4 Å². The third-order valence-corrected chi connectivity index (χ3v) is 7.73. The van der Waals surface area contributed by atoms with Crippen LogP contribution in [0, 0.1) is 6.92 Å². The van der Waals surface area contributed by atoms with Crippen LogP contribution < -0.4 is 4.74 Å². The Balaban J connectivity index is 1.58. The van der Waals surface area contributed by atoms with Gasteiger partial charge in [-0.2, -0.15) is 9.97 Å². The smallest absolute Gasteiger partial charge is 0.228 e. The summed E-state index contributed by atoms with van der Waals surface area (Å²) in [4.78, 5) is 13.4. The number of aryl methyl sites for hydroxylation is 1. The van der Waals surface area contributed by atoms with Crippen molar-refractivity contribution in [3.8, 4) is 17.0 Å². The molecule has 34 heavy (non-hydrogen) atoms. The van der Waals surface area contributed by atoms with Gasteiger partial charge in [0.05, 0.1) is 18.6 Å². The molecule has 10 heteroatoms. The first-order chi connectivity index (χ1) is 16.3. The van der Waals surface area contributed by atoms with Crippen LogP contribution in [0.25, 0.3) is 33.3 Å². The number of nitrogens with zero attached hydrogens (tertiary/aromatic N) is 4. The quantitative estimate of drug-likeness (QED) is 0.175. The molecule has 1 fully saturated rings. The van der Waals surface area contributed by atoms with E-state index >= 15 is 0 Å². The summed E-state index contributed by atoms with van der Waals surface area (Å²) in [6, 6.07) is 7.05. The van der Waals surface area contributed by atoms with Gasteiger partial charge in [0, 0.05) is 39.8 Å². The van der Waals surface area contributed by atoms with E-state index in [1.54, 1.807) is 0 Å². The van der Waals surface area contributed by atoms with E-state index in [1.807, 2.05) is 35.9 Å². The number of hydrogen-bond donors (Lipinski definition) is 0. The van der Waals surface area contributed by atoms with Crippen molar-refractivity contribution in [2.45, 2.75) is 51.9 Å². The summed E-state index contributed by atoms with van der Waals surface area (Å²) < 4.78 is 25.5. The van der Waals surface area contributed by atoms with Gasteiger partial charge in [0.15, 0.2) is 17.1 Å². The van der Waals surface area contributed by atoms with Gasteiger partial charge in [-0.3, -0.25) is 0 Å². The number of rotatable bonds is 8. The van der Waals surface area contributed by atoms with Crippen molar-refractivity contribution in [3.63, 3.8) is 0 Å². The third-order valence-electron chi connectivity index (χ3n) is 5.86. The number of hydrogen-bond acceptors (Lipinski definition) is 7. The first-order valence-corrected chi connectivity index (χ1v) is 15.6. The van der Waals surface area contributed by atoms with Crippen LogP contribution in [0.3, 0.4) is 0 Å². The van der Waals surface area contributed by atoms with Crippen LogP contribution in [0.2, 0.25) is 31.0 Å². The highest BCUT2D eigenvalue weighted by atomic mass is 35.5. The van der Waals surface area contributed by atoms with Crippen LogP contribution in [-0.4, -0.2) is 53.5 Å². The average Bonchev–Trinajstić information content (AvgIpc) is 3.48. The molecule has 1 aliphatic heterocycles. The molecule has 0 aliphatic carbocycles. The number of fused-ring (bicyclic) bond motifs is 2. The van der Waals surface area contributed by atoms with Gasteiger partial charge in [-0.15, -0.1) is 0 Å². The minimum atomic E-state index is -1.19. The zero-order valence-electron chi connectivity index (χ0n) is 19.9. The summed E-state index contributed by atoms with van der Waals surface area (Å²) in [6.45, 7) is 11.1. The minimum Gasteiger partial charge on any atom is -0.471 e. The maximum Gasteiger partial charge on any atom is 0.228 e. The summed E-state index contributed by atoms with van der Waals surface area (Å²) in [7, 11) is -1.19. The van der Waals surface area contributed by atoms with E-state index in [-0.39, 0.29) is 11.4 Å². The van der Waals surface area contributed by atoms with Gasteiger partial charge >= 0.3 is 0 Å². The molecule has 4 heterocycles. The molecular weight excluding hydrogens is 472 g/mol. The average molecular weight is 501 g/mol. The molecule has 180 valence electrons. The Morgan fingerprint density at radius 3 is 2.82 bits per heavy atom. The fourth-order valence-corrected chi connectivity index (χ4v) is 4.96. The minimum absolute atomic E-state index is 0.0715. The van der Waals surface area contributed by atoms with Gasteiger partial charge in [0.25, 0.3) is 0 Å². The molecule has 0 saturated carbocycles. The van der Waals surface area contributed by atoms with Crippen molar-refractivity contribution in [2.24, 2.45) is 0 Å². The van der Waals surface area contributed by atoms with Crippen molar-refractivity contribution in [3.05, 3.63) is 35.6 Å². The predicted molar refractivity (Wildman–Crippen MR) is 134 cm³/mol. The van der Waals surface area contributed by atoms with Crippen molar-refractivity contribution < 1.29 is 18.6 Å². The standard InChI is InChI=1S/C24H29ClN4O4Si/c1-15-26-19-6-5-16(11-20(19)32-15)18-12-29(14-31-9-10-34(2,3)4)22-21(18)23(28-24(25)27-22)33-17-7-8-30-13-17/h5-6,11-12,17H,7-10,13-14H2,1-4H3. The van der Waals surface area contributed by atoms with Gasteiger partial charge in [-0.25, -0.2) is 4.98 Å². The predicted octanol–water partition coefficient (Wildman–Crippen LogP) is 5.68. The molecule has 0 N–H and O–H groups in total. The van der Waals surface area contributed by atoms with Crippen LogP contribution >= 0.6 is 11.6 Å². The lowest BCUT2D eigenvalue weighted by atomic mass is 10.1. The molecule has 3 aromatic heterocycles. The zero-order valence-corrected chi connectivity index (χ0v) is 21.7. The molecule has 1 saturated heterocycles. The summed E-state index contributed by atoms with van der Waals surface area (Å²) in [5.41, 5.74) is 4.09. The van der Waals surface area contributed by atoms with Gasteiger partial charge in [0.2, 0.25) is 11.2 Å². The Kier molecular flexibility index (Phi) is 6.37. The number of aromatic nitrogens is 4. The highest BCUT2D eigenvalue weighted by molar-refractivity contribution is 6.76. The van der Waals surface area contributed by atoms with Gasteiger partial charge < -0.3 is 23.2 Å². The molecular formula is C24H29ClN4O4Si. The van der Waals surface area contributed by atoms with E-state index in [2.05, 4.69) is 34.6 Å². The highest BCUT2D eigenvalue weighted by Crippen LogP contribution is 2.38. The molecule has 4 aromatic rings.